The van der Waals surface area contributed by atoms with Gasteiger partial charge in [0.15, 0.2) is 0 Å². The van der Waals surface area contributed by atoms with Crippen LogP contribution in [0.1, 0.15) is 49.1 Å². The summed E-state index contributed by atoms with van der Waals surface area (Å²) in [6.07, 6.45) is 4.19. The molecule has 0 radical (unpaired) electrons. The molecule has 1 unspecified atom stereocenters. The van der Waals surface area contributed by atoms with Gasteiger partial charge < -0.3 is 10.4 Å². The van der Waals surface area contributed by atoms with E-state index in [1.165, 1.54) is 24.3 Å². The van der Waals surface area contributed by atoms with Crippen LogP contribution in [-0.2, 0) is 4.79 Å². The first-order valence-corrected chi connectivity index (χ1v) is 9.96. The van der Waals surface area contributed by atoms with Gasteiger partial charge in [-0.15, -0.1) is 0 Å². The van der Waals surface area contributed by atoms with E-state index in [1.54, 1.807) is 24.3 Å². The van der Waals surface area contributed by atoms with Gasteiger partial charge in [-0.1, -0.05) is 30.7 Å². The van der Waals surface area contributed by atoms with Crippen LogP contribution in [0.3, 0.4) is 0 Å². The van der Waals surface area contributed by atoms with Crippen LogP contribution in [0.2, 0.25) is 0 Å². The zero-order valence-electron chi connectivity index (χ0n) is 15.9. The summed E-state index contributed by atoms with van der Waals surface area (Å²) in [7, 11) is 0. The number of hydrogen-bond donors (Lipinski definition) is 2. The molecule has 1 fully saturated rings. The quantitative estimate of drug-likeness (QED) is 0.740. The van der Waals surface area contributed by atoms with Crippen LogP contribution in [0.15, 0.2) is 48.5 Å². The van der Waals surface area contributed by atoms with E-state index in [0.717, 1.165) is 36.8 Å². The van der Waals surface area contributed by atoms with E-state index in [4.69, 9.17) is 0 Å². The third-order valence-electron chi connectivity index (χ3n) is 5.69. The molecule has 0 bridgehead atoms. The molecule has 1 saturated carbocycles. The molecule has 28 heavy (non-hydrogen) atoms. The van der Waals surface area contributed by atoms with Crippen LogP contribution in [0, 0.1) is 23.5 Å². The fraction of sp³-hybridized carbons (Fsp3) is 0.435. The Morgan fingerprint density at radius 2 is 1.57 bits per heavy atom. The third-order valence-corrected chi connectivity index (χ3v) is 5.69. The lowest BCUT2D eigenvalue weighted by molar-refractivity contribution is -0.126. The number of carbonyl (C=O) groups excluding carboxylic acids is 1. The summed E-state index contributed by atoms with van der Waals surface area (Å²) in [5, 5.41) is 12.4. The number of hydrogen-bond acceptors (Lipinski definition) is 2. The third kappa shape index (κ3) is 5.38. The molecule has 3 nitrogen and oxygen atoms in total. The first-order chi connectivity index (χ1) is 13.6. The summed E-state index contributed by atoms with van der Waals surface area (Å²) in [6, 6.07) is 12.6. The number of amides is 1. The molecule has 3 rings (SSSR count). The number of carbonyl (C=O) groups is 1. The summed E-state index contributed by atoms with van der Waals surface area (Å²) in [4.78, 5) is 12.5. The number of halogens is 2. The summed E-state index contributed by atoms with van der Waals surface area (Å²) >= 11 is 0. The molecule has 2 N–H and O–H groups in total. The van der Waals surface area contributed by atoms with Crippen molar-refractivity contribution in [3.8, 4) is 0 Å². The van der Waals surface area contributed by atoms with Crippen LogP contribution in [0.25, 0.3) is 0 Å². The van der Waals surface area contributed by atoms with Gasteiger partial charge >= 0.3 is 0 Å². The second-order valence-electron chi connectivity index (χ2n) is 7.65. The molecule has 0 aromatic heterocycles. The second kappa shape index (κ2) is 9.78. The topological polar surface area (TPSA) is 49.3 Å². The van der Waals surface area contributed by atoms with Crippen LogP contribution < -0.4 is 5.32 Å². The lowest BCUT2D eigenvalue weighted by Crippen LogP contribution is -2.35. The summed E-state index contributed by atoms with van der Waals surface area (Å²) in [5.74, 6) is -0.443. The largest absolute Gasteiger partial charge is 0.396 e. The minimum Gasteiger partial charge on any atom is -0.396 e. The van der Waals surface area contributed by atoms with E-state index in [9.17, 15) is 18.7 Å². The zero-order chi connectivity index (χ0) is 19.9. The van der Waals surface area contributed by atoms with Gasteiger partial charge in [-0.25, -0.2) is 8.78 Å². The predicted octanol–water partition coefficient (Wildman–Crippen LogP) is 4.40. The Morgan fingerprint density at radius 3 is 2.11 bits per heavy atom. The summed E-state index contributed by atoms with van der Waals surface area (Å²) in [5.41, 5.74) is 1.86. The van der Waals surface area contributed by atoms with Crippen molar-refractivity contribution in [3.63, 3.8) is 0 Å². The molecule has 0 heterocycles. The highest BCUT2D eigenvalue weighted by Gasteiger charge is 2.26. The molecule has 2 aromatic rings. The molecule has 1 amide bonds. The first kappa shape index (κ1) is 20.5. The van der Waals surface area contributed by atoms with Gasteiger partial charge in [0.05, 0.1) is 0 Å². The van der Waals surface area contributed by atoms with Gasteiger partial charge in [0.2, 0.25) is 5.91 Å². The minimum absolute atomic E-state index is 0.0371. The minimum atomic E-state index is -0.300. The molecule has 1 aliphatic rings. The smallest absolute Gasteiger partial charge is 0.223 e. The van der Waals surface area contributed by atoms with Crippen LogP contribution in [0.4, 0.5) is 8.78 Å². The normalized spacial score (nSPS) is 19.6. The number of rotatable bonds is 7. The van der Waals surface area contributed by atoms with Crippen molar-refractivity contribution in [2.75, 3.05) is 13.2 Å². The van der Waals surface area contributed by atoms with Crippen molar-refractivity contribution in [1.82, 2.24) is 5.32 Å². The van der Waals surface area contributed by atoms with Crippen molar-refractivity contribution < 1.29 is 18.7 Å². The van der Waals surface area contributed by atoms with E-state index >= 15 is 0 Å². The Labute approximate surface area is 164 Å². The lowest BCUT2D eigenvalue weighted by Gasteiger charge is -2.27. The van der Waals surface area contributed by atoms with E-state index in [1.807, 2.05) is 0 Å². The Bertz CT molecular complexity index is 716. The van der Waals surface area contributed by atoms with E-state index < -0.39 is 0 Å². The van der Waals surface area contributed by atoms with Gasteiger partial charge in [-0.3, -0.25) is 4.79 Å². The molecule has 2 atom stereocenters. The highest BCUT2D eigenvalue weighted by Crippen LogP contribution is 2.30. The number of benzene rings is 2. The average Bonchev–Trinajstić information content (AvgIpc) is 2.73. The zero-order valence-corrected chi connectivity index (χ0v) is 15.9. The lowest BCUT2D eigenvalue weighted by atomic mass is 9.81. The molecule has 150 valence electrons. The fourth-order valence-corrected chi connectivity index (χ4v) is 4.09. The van der Waals surface area contributed by atoms with Gasteiger partial charge in [0, 0.05) is 25.0 Å². The van der Waals surface area contributed by atoms with Crippen molar-refractivity contribution in [1.29, 1.82) is 0 Å². The van der Waals surface area contributed by atoms with Crippen LogP contribution >= 0.6 is 0 Å². The molecular weight excluding hydrogens is 360 g/mol. The Balaban J connectivity index is 1.64. The molecular formula is C23H27F2NO2. The molecule has 0 aliphatic heterocycles. The number of nitrogens with one attached hydrogen (secondary N) is 1. The van der Waals surface area contributed by atoms with E-state index in [2.05, 4.69) is 5.32 Å². The maximum absolute atomic E-state index is 13.3. The molecule has 0 spiro atoms. The standard InChI is InChI=1S/C23H27F2NO2/c24-20-8-4-17(5-9-20)22(18-6-10-21(25)11-7-18)12-13-26-23(28)19-3-1-2-16(14-19)15-27/h4-11,16,19,22,27H,1-3,12-15H2,(H,26,28)/t16-,19?/m0/s1. The van der Waals surface area contributed by atoms with Crippen LogP contribution in [0.5, 0.6) is 0 Å². The first-order valence-electron chi connectivity index (χ1n) is 9.96. The monoisotopic (exact) mass is 387 g/mol. The highest BCUT2D eigenvalue weighted by atomic mass is 19.1. The highest BCUT2D eigenvalue weighted by molar-refractivity contribution is 5.78. The SMILES string of the molecule is O=C(NCCC(c1ccc(F)cc1)c1ccc(F)cc1)C1CCC[C@H](CO)C1. The van der Waals surface area contributed by atoms with Crippen molar-refractivity contribution in [2.24, 2.45) is 11.8 Å². The van der Waals surface area contributed by atoms with E-state index in [0.29, 0.717) is 13.0 Å². The molecule has 5 heteroatoms. The maximum Gasteiger partial charge on any atom is 0.223 e. The van der Waals surface area contributed by atoms with Crippen molar-refractivity contribution >= 4 is 5.91 Å². The Kier molecular flexibility index (Phi) is 7.15. The Hall–Kier alpha value is -2.27. The molecule has 2 aromatic carbocycles. The maximum atomic E-state index is 13.3. The van der Waals surface area contributed by atoms with Crippen molar-refractivity contribution in [2.45, 2.75) is 38.0 Å². The summed E-state index contributed by atoms with van der Waals surface area (Å²) in [6.45, 7) is 0.625. The predicted molar refractivity (Wildman–Crippen MR) is 105 cm³/mol. The number of aliphatic hydroxyl groups is 1. The Morgan fingerprint density at radius 1 is 1.00 bits per heavy atom. The van der Waals surface area contributed by atoms with Gasteiger partial charge in [-0.05, 0) is 67.0 Å². The van der Waals surface area contributed by atoms with Crippen molar-refractivity contribution in [3.05, 3.63) is 71.3 Å². The number of aliphatic hydroxyl groups excluding tert-OH is 1. The summed E-state index contributed by atoms with van der Waals surface area (Å²) < 4.78 is 26.6. The van der Waals surface area contributed by atoms with Gasteiger partial charge in [-0.2, -0.15) is 0 Å². The van der Waals surface area contributed by atoms with E-state index in [-0.39, 0.29) is 41.9 Å². The van der Waals surface area contributed by atoms with Gasteiger partial charge in [0.1, 0.15) is 11.6 Å². The molecule has 0 saturated heterocycles. The molecule has 1 aliphatic carbocycles. The average molecular weight is 387 g/mol. The second-order valence-corrected chi connectivity index (χ2v) is 7.65. The van der Waals surface area contributed by atoms with Crippen LogP contribution in [-0.4, -0.2) is 24.2 Å². The van der Waals surface area contributed by atoms with Gasteiger partial charge in [0.25, 0.3) is 0 Å². The fourth-order valence-electron chi connectivity index (χ4n) is 4.09.